The van der Waals surface area contributed by atoms with Crippen LogP contribution in [0.25, 0.3) is 0 Å². The van der Waals surface area contributed by atoms with E-state index in [2.05, 4.69) is 5.32 Å². The van der Waals surface area contributed by atoms with Gasteiger partial charge in [0.1, 0.15) is 16.5 Å². The van der Waals surface area contributed by atoms with Crippen molar-refractivity contribution < 1.29 is 19.1 Å². The average molecular weight is 509 g/mol. The SMILES string of the molecule is CCc1ccccc1N1C(=O)C(Cl)=C(Nc2ccc(C(=O)Oc3cc(C)c(Cl)c(C)c3)cc2)C1=O. The smallest absolute Gasteiger partial charge is 0.343 e. The lowest BCUT2D eigenvalue weighted by Crippen LogP contribution is -2.33. The number of amides is 2. The summed E-state index contributed by atoms with van der Waals surface area (Å²) in [6.07, 6.45) is 0.653. The van der Waals surface area contributed by atoms with Crippen molar-refractivity contribution in [3.8, 4) is 5.75 Å². The molecule has 35 heavy (non-hydrogen) atoms. The monoisotopic (exact) mass is 508 g/mol. The molecule has 3 aromatic rings. The van der Waals surface area contributed by atoms with Crippen LogP contribution in [0.3, 0.4) is 0 Å². The predicted octanol–water partition coefficient (Wildman–Crippen LogP) is 6.17. The molecule has 1 aliphatic heterocycles. The molecule has 6 nitrogen and oxygen atoms in total. The topological polar surface area (TPSA) is 75.7 Å². The molecule has 3 aromatic carbocycles. The van der Waals surface area contributed by atoms with Crippen LogP contribution in [0.15, 0.2) is 71.4 Å². The summed E-state index contributed by atoms with van der Waals surface area (Å²) in [5.74, 6) is -1.27. The minimum atomic E-state index is -0.589. The Hall–Kier alpha value is -3.61. The van der Waals surface area contributed by atoms with E-state index in [0.29, 0.717) is 34.1 Å². The molecular weight excluding hydrogens is 487 g/mol. The number of hydrogen-bond acceptors (Lipinski definition) is 5. The van der Waals surface area contributed by atoms with Gasteiger partial charge in [-0.1, -0.05) is 48.3 Å². The second-order valence-corrected chi connectivity index (χ2v) is 8.84. The number of hydrogen-bond donors (Lipinski definition) is 1. The molecular formula is C27H22Cl2N2O4. The fourth-order valence-corrected chi connectivity index (χ4v) is 4.14. The van der Waals surface area contributed by atoms with Crippen LogP contribution in [-0.2, 0) is 16.0 Å². The highest BCUT2D eigenvalue weighted by atomic mass is 35.5. The highest BCUT2D eigenvalue weighted by molar-refractivity contribution is 6.53. The van der Waals surface area contributed by atoms with Gasteiger partial charge in [-0.25, -0.2) is 9.69 Å². The molecule has 1 aliphatic rings. The molecule has 0 aromatic heterocycles. The molecule has 0 atom stereocenters. The highest BCUT2D eigenvalue weighted by Crippen LogP contribution is 2.32. The van der Waals surface area contributed by atoms with Gasteiger partial charge in [-0.05, 0) is 79.4 Å². The van der Waals surface area contributed by atoms with E-state index in [-0.39, 0.29) is 10.7 Å². The van der Waals surface area contributed by atoms with Crippen LogP contribution >= 0.6 is 23.2 Å². The summed E-state index contributed by atoms with van der Waals surface area (Å²) in [6, 6.07) is 16.9. The second kappa shape index (κ2) is 9.94. The van der Waals surface area contributed by atoms with Gasteiger partial charge < -0.3 is 10.1 Å². The van der Waals surface area contributed by atoms with Crippen molar-refractivity contribution in [2.24, 2.45) is 0 Å². The van der Waals surface area contributed by atoms with E-state index in [1.165, 1.54) is 0 Å². The van der Waals surface area contributed by atoms with E-state index >= 15 is 0 Å². The van der Waals surface area contributed by atoms with E-state index in [4.69, 9.17) is 27.9 Å². The number of carbonyl (C=O) groups is 3. The number of carbonyl (C=O) groups excluding carboxylic acids is 3. The Bertz CT molecular complexity index is 1360. The van der Waals surface area contributed by atoms with Gasteiger partial charge in [0.2, 0.25) is 0 Å². The Morgan fingerprint density at radius 2 is 1.57 bits per heavy atom. The summed E-state index contributed by atoms with van der Waals surface area (Å²) in [4.78, 5) is 39.5. The van der Waals surface area contributed by atoms with Crippen molar-refractivity contribution in [1.82, 2.24) is 0 Å². The fraction of sp³-hybridized carbons (Fsp3) is 0.148. The number of esters is 1. The minimum absolute atomic E-state index is 0.0231. The molecule has 4 rings (SSSR count). The molecule has 1 heterocycles. The Kier molecular flexibility index (Phi) is 6.96. The molecule has 0 fully saturated rings. The first-order chi connectivity index (χ1) is 16.7. The van der Waals surface area contributed by atoms with Gasteiger partial charge in [-0.3, -0.25) is 9.59 Å². The summed E-state index contributed by atoms with van der Waals surface area (Å²) in [5, 5.41) is 3.35. The quantitative estimate of drug-likeness (QED) is 0.244. The van der Waals surface area contributed by atoms with Crippen LogP contribution < -0.4 is 15.0 Å². The fourth-order valence-electron chi connectivity index (χ4n) is 3.82. The standard InChI is InChI=1S/C27H22Cl2N2O4/c1-4-17-7-5-6-8-21(17)31-25(32)23(29)24(26(31)33)30-19-11-9-18(10-12-19)27(34)35-20-13-15(2)22(28)16(3)14-20/h5-14,30H,4H2,1-3H3. The number of halogens is 2. The van der Waals surface area contributed by atoms with Crippen LogP contribution in [0.1, 0.15) is 34.0 Å². The van der Waals surface area contributed by atoms with Gasteiger partial charge in [0, 0.05) is 10.7 Å². The molecule has 8 heteroatoms. The predicted molar refractivity (Wildman–Crippen MR) is 137 cm³/mol. The van der Waals surface area contributed by atoms with E-state index < -0.39 is 17.8 Å². The van der Waals surface area contributed by atoms with Gasteiger partial charge in [0.15, 0.2) is 0 Å². The maximum absolute atomic E-state index is 13.1. The van der Waals surface area contributed by atoms with Crippen LogP contribution in [0.5, 0.6) is 5.75 Å². The zero-order valence-corrected chi connectivity index (χ0v) is 20.8. The van der Waals surface area contributed by atoms with E-state index in [0.717, 1.165) is 21.6 Å². The van der Waals surface area contributed by atoms with Crippen LogP contribution in [0.4, 0.5) is 11.4 Å². The Morgan fingerprint density at radius 1 is 0.943 bits per heavy atom. The maximum Gasteiger partial charge on any atom is 0.343 e. The molecule has 178 valence electrons. The Balaban J connectivity index is 1.50. The molecule has 0 saturated carbocycles. The summed E-state index contributed by atoms with van der Waals surface area (Å²) in [5.41, 5.74) is 3.76. The number of benzene rings is 3. The van der Waals surface area contributed by atoms with E-state index in [1.54, 1.807) is 48.5 Å². The molecule has 0 spiro atoms. The van der Waals surface area contributed by atoms with Crippen LogP contribution in [-0.4, -0.2) is 17.8 Å². The van der Waals surface area contributed by atoms with Crippen molar-refractivity contribution in [2.45, 2.75) is 27.2 Å². The first-order valence-corrected chi connectivity index (χ1v) is 11.7. The normalized spacial score (nSPS) is 13.5. The lowest BCUT2D eigenvalue weighted by Gasteiger charge is -2.18. The Morgan fingerprint density at radius 3 is 2.20 bits per heavy atom. The molecule has 0 bridgehead atoms. The van der Waals surface area contributed by atoms with Crippen LogP contribution in [0, 0.1) is 13.8 Å². The molecule has 1 N–H and O–H groups in total. The van der Waals surface area contributed by atoms with Crippen molar-refractivity contribution >= 4 is 52.4 Å². The first-order valence-electron chi connectivity index (χ1n) is 10.9. The average Bonchev–Trinajstić information content (AvgIpc) is 3.05. The third-order valence-corrected chi connectivity index (χ3v) is 6.60. The number of anilines is 2. The summed E-state index contributed by atoms with van der Waals surface area (Å²) < 4.78 is 5.47. The third-order valence-electron chi connectivity index (χ3n) is 5.65. The van der Waals surface area contributed by atoms with Gasteiger partial charge in [0.05, 0.1) is 11.3 Å². The van der Waals surface area contributed by atoms with Crippen molar-refractivity contribution in [3.63, 3.8) is 0 Å². The number of nitrogens with zero attached hydrogens (tertiary/aromatic N) is 1. The second-order valence-electron chi connectivity index (χ2n) is 8.08. The summed E-state index contributed by atoms with van der Waals surface area (Å²) >= 11 is 12.4. The van der Waals surface area contributed by atoms with Gasteiger partial charge in [-0.15, -0.1) is 0 Å². The Labute approximate surface area is 213 Å². The first kappa shape index (κ1) is 24.5. The molecule has 0 radical (unpaired) electrons. The summed E-state index contributed by atoms with van der Waals surface area (Å²) in [6.45, 7) is 5.62. The number of aryl methyl sites for hydroxylation is 3. The zero-order valence-electron chi connectivity index (χ0n) is 19.3. The molecule has 0 aliphatic carbocycles. The molecule has 0 saturated heterocycles. The molecule has 2 amide bonds. The maximum atomic E-state index is 13.1. The van der Waals surface area contributed by atoms with Gasteiger partial charge in [0.25, 0.3) is 11.8 Å². The largest absolute Gasteiger partial charge is 0.423 e. The number of ether oxygens (including phenoxy) is 1. The number of para-hydroxylation sites is 1. The molecule has 0 unspecified atom stereocenters. The van der Waals surface area contributed by atoms with Crippen molar-refractivity contribution in [1.29, 1.82) is 0 Å². The minimum Gasteiger partial charge on any atom is -0.423 e. The van der Waals surface area contributed by atoms with Crippen molar-refractivity contribution in [3.05, 3.63) is 98.7 Å². The van der Waals surface area contributed by atoms with E-state index in [9.17, 15) is 14.4 Å². The highest BCUT2D eigenvalue weighted by Gasteiger charge is 2.39. The summed E-state index contributed by atoms with van der Waals surface area (Å²) in [7, 11) is 0. The third kappa shape index (κ3) is 4.81. The van der Waals surface area contributed by atoms with Gasteiger partial charge in [-0.2, -0.15) is 0 Å². The number of nitrogens with one attached hydrogen (secondary N) is 1. The van der Waals surface area contributed by atoms with Gasteiger partial charge >= 0.3 is 5.97 Å². The van der Waals surface area contributed by atoms with E-state index in [1.807, 2.05) is 32.9 Å². The van der Waals surface area contributed by atoms with Crippen LogP contribution in [0.2, 0.25) is 5.02 Å². The lowest BCUT2D eigenvalue weighted by atomic mass is 10.1. The lowest BCUT2D eigenvalue weighted by molar-refractivity contribution is -0.120. The van der Waals surface area contributed by atoms with Crippen molar-refractivity contribution in [2.75, 3.05) is 10.2 Å². The number of imide groups is 1. The zero-order chi connectivity index (χ0) is 25.3. The number of rotatable bonds is 6.